The number of para-hydroxylation sites is 1. The molecule has 3 rings (SSSR count). The summed E-state index contributed by atoms with van der Waals surface area (Å²) in [5, 5.41) is 7.46. The number of nitrogens with two attached hydrogens (primary N) is 1. The second-order valence-corrected chi connectivity index (χ2v) is 6.41. The van der Waals surface area contributed by atoms with Crippen molar-refractivity contribution in [1.82, 2.24) is 5.32 Å². The smallest absolute Gasteiger partial charge is 0.0414 e. The van der Waals surface area contributed by atoms with E-state index in [-0.39, 0.29) is 0 Å². The van der Waals surface area contributed by atoms with Crippen LogP contribution in [0.3, 0.4) is 0 Å². The predicted octanol–water partition coefficient (Wildman–Crippen LogP) is 3.66. The highest BCUT2D eigenvalue weighted by atomic mass is 15.0. The van der Waals surface area contributed by atoms with E-state index >= 15 is 0 Å². The average Bonchev–Trinajstić information content (AvgIpc) is 2.62. The Morgan fingerprint density at radius 3 is 2.17 bits per heavy atom. The number of rotatable bonds is 6. The van der Waals surface area contributed by atoms with Crippen molar-refractivity contribution in [3.63, 3.8) is 0 Å². The van der Waals surface area contributed by atoms with Gasteiger partial charge < -0.3 is 16.4 Å². The fourth-order valence-corrected chi connectivity index (χ4v) is 3.34. The molecule has 2 aromatic rings. The molecule has 1 aliphatic rings. The van der Waals surface area contributed by atoms with E-state index < -0.39 is 0 Å². The first-order valence-electron chi connectivity index (χ1n) is 8.68. The van der Waals surface area contributed by atoms with Crippen LogP contribution in [0.25, 0.3) is 0 Å². The summed E-state index contributed by atoms with van der Waals surface area (Å²) >= 11 is 0. The van der Waals surface area contributed by atoms with Crippen LogP contribution in [-0.2, 0) is 13.1 Å². The lowest BCUT2D eigenvalue weighted by molar-refractivity contribution is 0.342. The molecule has 0 aliphatic heterocycles. The van der Waals surface area contributed by atoms with Crippen molar-refractivity contribution in [3.8, 4) is 0 Å². The van der Waals surface area contributed by atoms with Crippen LogP contribution in [0.15, 0.2) is 54.6 Å². The molecule has 0 radical (unpaired) electrons. The monoisotopic (exact) mass is 309 g/mol. The third-order valence-corrected chi connectivity index (χ3v) is 4.72. The number of nitrogens with one attached hydrogen (secondary N) is 2. The summed E-state index contributed by atoms with van der Waals surface area (Å²) in [6, 6.07) is 20.2. The van der Waals surface area contributed by atoms with E-state index in [1.807, 2.05) is 0 Å². The first-order chi connectivity index (χ1) is 11.3. The maximum atomic E-state index is 5.66. The van der Waals surface area contributed by atoms with E-state index in [1.54, 1.807) is 0 Å². The van der Waals surface area contributed by atoms with E-state index in [0.29, 0.717) is 18.6 Å². The van der Waals surface area contributed by atoms with Crippen molar-refractivity contribution in [1.29, 1.82) is 0 Å². The summed E-state index contributed by atoms with van der Waals surface area (Å²) in [6.07, 6.45) is 5.11. The molecule has 0 aromatic heterocycles. The Morgan fingerprint density at radius 2 is 1.48 bits per heavy atom. The summed E-state index contributed by atoms with van der Waals surface area (Å²) in [7, 11) is 0. The number of benzene rings is 2. The van der Waals surface area contributed by atoms with Crippen molar-refractivity contribution in [2.45, 2.75) is 50.9 Å². The van der Waals surface area contributed by atoms with Gasteiger partial charge in [-0.25, -0.2) is 0 Å². The summed E-state index contributed by atoms with van der Waals surface area (Å²) in [6.45, 7) is 1.53. The van der Waals surface area contributed by atoms with Gasteiger partial charge >= 0.3 is 0 Å². The predicted molar refractivity (Wildman–Crippen MR) is 97.3 cm³/mol. The van der Waals surface area contributed by atoms with Gasteiger partial charge in [-0.1, -0.05) is 55.3 Å². The number of anilines is 1. The maximum Gasteiger partial charge on any atom is 0.0414 e. The van der Waals surface area contributed by atoms with Gasteiger partial charge in [-0.2, -0.15) is 0 Å². The molecule has 0 saturated heterocycles. The van der Waals surface area contributed by atoms with Crippen LogP contribution in [0.5, 0.6) is 0 Å². The Hall–Kier alpha value is -1.84. The molecule has 3 heteroatoms. The minimum Gasteiger partial charge on any atom is -0.381 e. The second kappa shape index (κ2) is 8.14. The van der Waals surface area contributed by atoms with Crippen LogP contribution in [-0.4, -0.2) is 12.1 Å². The van der Waals surface area contributed by atoms with Gasteiger partial charge in [-0.3, -0.25) is 0 Å². The van der Waals surface area contributed by atoms with Crippen LogP contribution in [0.1, 0.15) is 36.8 Å². The fraction of sp³-hybridized carbons (Fsp3) is 0.400. The lowest BCUT2D eigenvalue weighted by Crippen LogP contribution is -2.45. The molecule has 0 bridgehead atoms. The van der Waals surface area contributed by atoms with Crippen LogP contribution < -0.4 is 16.4 Å². The van der Waals surface area contributed by atoms with E-state index in [0.717, 1.165) is 6.54 Å². The Morgan fingerprint density at radius 1 is 0.826 bits per heavy atom. The molecule has 4 N–H and O–H groups in total. The molecule has 2 aromatic carbocycles. The highest BCUT2D eigenvalue weighted by molar-refractivity contribution is 5.43. The first-order valence-corrected chi connectivity index (χ1v) is 8.68. The lowest BCUT2D eigenvalue weighted by Gasteiger charge is -2.33. The molecule has 1 saturated carbocycles. The van der Waals surface area contributed by atoms with Gasteiger partial charge in [0.15, 0.2) is 0 Å². The first kappa shape index (κ1) is 16.0. The van der Waals surface area contributed by atoms with Crippen LogP contribution in [0.4, 0.5) is 5.69 Å². The second-order valence-electron chi connectivity index (χ2n) is 6.41. The molecule has 3 nitrogen and oxygen atoms in total. The minimum absolute atomic E-state index is 0.509. The minimum atomic E-state index is 0.509. The van der Waals surface area contributed by atoms with Gasteiger partial charge in [0.1, 0.15) is 0 Å². The zero-order valence-electron chi connectivity index (χ0n) is 13.7. The topological polar surface area (TPSA) is 50.1 Å². The zero-order chi connectivity index (χ0) is 15.9. The quantitative estimate of drug-likeness (QED) is 0.763. The van der Waals surface area contributed by atoms with Gasteiger partial charge in [-0.15, -0.1) is 0 Å². The largest absolute Gasteiger partial charge is 0.381 e. The fourth-order valence-electron chi connectivity index (χ4n) is 3.34. The summed E-state index contributed by atoms with van der Waals surface area (Å²) < 4.78 is 0. The Bertz CT molecular complexity index is 580. The highest BCUT2D eigenvalue weighted by Gasteiger charge is 2.24. The average molecular weight is 309 g/mol. The van der Waals surface area contributed by atoms with Crippen LogP contribution in [0, 0.1) is 0 Å². The molecule has 2 atom stereocenters. The van der Waals surface area contributed by atoms with Crippen molar-refractivity contribution in [3.05, 3.63) is 65.7 Å². The molecule has 0 spiro atoms. The Labute approximate surface area is 139 Å². The molecular formula is C20H27N3. The SMILES string of the molecule is NCc1ccc(CN[C@@H]2CCCC[C@H]2Nc2ccccc2)cc1. The Kier molecular flexibility index (Phi) is 5.67. The van der Waals surface area contributed by atoms with Crippen LogP contribution in [0.2, 0.25) is 0 Å². The third-order valence-electron chi connectivity index (χ3n) is 4.72. The van der Waals surface area contributed by atoms with Crippen molar-refractivity contribution in [2.75, 3.05) is 5.32 Å². The van der Waals surface area contributed by atoms with Gasteiger partial charge in [-0.05, 0) is 36.1 Å². The zero-order valence-corrected chi connectivity index (χ0v) is 13.7. The van der Waals surface area contributed by atoms with Gasteiger partial charge in [0.05, 0.1) is 0 Å². The van der Waals surface area contributed by atoms with E-state index in [1.165, 1.54) is 42.5 Å². The van der Waals surface area contributed by atoms with Gasteiger partial charge in [0, 0.05) is 30.9 Å². The molecule has 1 aliphatic carbocycles. The Balaban J connectivity index is 1.57. The summed E-state index contributed by atoms with van der Waals surface area (Å²) in [5.41, 5.74) is 9.39. The molecule has 0 unspecified atom stereocenters. The molecule has 122 valence electrons. The van der Waals surface area contributed by atoms with Crippen molar-refractivity contribution in [2.24, 2.45) is 5.73 Å². The number of hydrogen-bond donors (Lipinski definition) is 3. The maximum absolute atomic E-state index is 5.66. The lowest BCUT2D eigenvalue weighted by atomic mass is 9.90. The summed E-state index contributed by atoms with van der Waals surface area (Å²) in [5.74, 6) is 0. The molecule has 0 heterocycles. The molecule has 1 fully saturated rings. The molecular weight excluding hydrogens is 282 g/mol. The molecule has 23 heavy (non-hydrogen) atoms. The summed E-state index contributed by atoms with van der Waals surface area (Å²) in [4.78, 5) is 0. The van der Waals surface area contributed by atoms with E-state index in [2.05, 4.69) is 65.2 Å². The van der Waals surface area contributed by atoms with Crippen molar-refractivity contribution >= 4 is 5.69 Å². The van der Waals surface area contributed by atoms with Gasteiger partial charge in [0.2, 0.25) is 0 Å². The van der Waals surface area contributed by atoms with Crippen molar-refractivity contribution < 1.29 is 0 Å². The highest BCUT2D eigenvalue weighted by Crippen LogP contribution is 2.22. The van der Waals surface area contributed by atoms with E-state index in [4.69, 9.17) is 5.73 Å². The number of hydrogen-bond acceptors (Lipinski definition) is 3. The standard InChI is InChI=1S/C20H27N3/c21-14-16-10-12-17(13-11-16)15-22-19-8-4-5-9-20(19)23-18-6-2-1-3-7-18/h1-3,6-7,10-13,19-20,22-23H,4-5,8-9,14-15,21H2/t19-,20-/m1/s1. The third kappa shape index (κ3) is 4.57. The van der Waals surface area contributed by atoms with Crippen LogP contribution >= 0.6 is 0 Å². The van der Waals surface area contributed by atoms with Gasteiger partial charge in [0.25, 0.3) is 0 Å². The molecule has 0 amide bonds. The van der Waals surface area contributed by atoms with E-state index in [9.17, 15) is 0 Å². The normalized spacial score (nSPS) is 21.1.